The Morgan fingerprint density at radius 1 is 1.19 bits per heavy atom. The molecule has 1 aromatic heterocycles. The van der Waals surface area contributed by atoms with Gasteiger partial charge in [-0.2, -0.15) is 5.10 Å². The molecule has 2 N–H and O–H groups in total. The summed E-state index contributed by atoms with van der Waals surface area (Å²) in [5.74, 6) is -0.0515. The summed E-state index contributed by atoms with van der Waals surface area (Å²) >= 11 is 12.1. The molecular weight excluding hydrogens is 387 g/mol. The zero-order valence-corrected chi connectivity index (χ0v) is 15.5. The van der Waals surface area contributed by atoms with Crippen LogP contribution in [0.3, 0.4) is 0 Å². The number of aromatic nitrogens is 2. The van der Waals surface area contributed by atoms with Gasteiger partial charge in [0.25, 0.3) is 5.91 Å². The van der Waals surface area contributed by atoms with E-state index in [0.29, 0.717) is 21.6 Å². The molecular formula is C19H14Cl2N4O2. The van der Waals surface area contributed by atoms with E-state index < -0.39 is 6.04 Å². The number of hydrogen-bond donors (Lipinski definition) is 2. The van der Waals surface area contributed by atoms with Crippen LogP contribution in [0.1, 0.15) is 12.5 Å². The topological polar surface area (TPSA) is 76.0 Å². The Bertz CT molecular complexity index is 1050. The quantitative estimate of drug-likeness (QED) is 0.681. The number of amides is 2. The summed E-state index contributed by atoms with van der Waals surface area (Å²) in [5, 5.41) is 10.9. The Morgan fingerprint density at radius 2 is 2.00 bits per heavy atom. The molecule has 0 aliphatic carbocycles. The van der Waals surface area contributed by atoms with Crippen molar-refractivity contribution in [3.8, 4) is 11.1 Å². The normalized spacial score (nSPS) is 15.3. The Morgan fingerprint density at radius 3 is 2.78 bits per heavy atom. The number of fused-ring (bicyclic) bond motifs is 1. The van der Waals surface area contributed by atoms with Gasteiger partial charge in [0, 0.05) is 10.6 Å². The van der Waals surface area contributed by atoms with E-state index in [0.717, 1.165) is 11.1 Å². The lowest BCUT2D eigenvalue weighted by Gasteiger charge is -2.10. The molecule has 0 fully saturated rings. The second-order valence-corrected chi connectivity index (χ2v) is 6.94. The van der Waals surface area contributed by atoms with Crippen molar-refractivity contribution in [2.45, 2.75) is 12.5 Å². The molecule has 0 spiro atoms. The Hall–Kier alpha value is -2.83. The minimum atomic E-state index is -0.726. The molecule has 1 aliphatic heterocycles. The molecule has 136 valence electrons. The molecule has 0 bridgehead atoms. The molecule has 4 rings (SSSR count). The first-order valence-corrected chi connectivity index (χ1v) is 8.97. The van der Waals surface area contributed by atoms with Gasteiger partial charge in [-0.3, -0.25) is 9.59 Å². The maximum Gasteiger partial charge on any atom is 0.251 e. The summed E-state index contributed by atoms with van der Waals surface area (Å²) in [6.07, 6.45) is 1.60. The molecule has 2 heterocycles. The number of carbonyl (C=O) groups excluding carboxylic acids is 2. The summed E-state index contributed by atoms with van der Waals surface area (Å²) in [4.78, 5) is 24.8. The molecule has 8 heteroatoms. The number of nitrogens with zero attached hydrogens (tertiary/aromatic N) is 2. The standard InChI is InChI=1S/C19H14Cl2N4O2/c20-12-5-3-4-11(8-12)13-10-22-25-16(19(27)24-18(13)25)9-17(26)23-15-7-2-1-6-14(15)21/h1-8,10,16H,9H2,(H,23,26)(H,24,27). The molecule has 1 atom stereocenters. The van der Waals surface area contributed by atoms with E-state index in [1.807, 2.05) is 12.1 Å². The van der Waals surface area contributed by atoms with Gasteiger partial charge < -0.3 is 10.6 Å². The number of hydrogen-bond acceptors (Lipinski definition) is 3. The van der Waals surface area contributed by atoms with E-state index in [1.54, 1.807) is 42.6 Å². The first kappa shape index (κ1) is 17.6. The molecule has 2 amide bonds. The molecule has 1 unspecified atom stereocenters. The number of halogens is 2. The van der Waals surface area contributed by atoms with E-state index in [9.17, 15) is 9.59 Å². The van der Waals surface area contributed by atoms with Crippen molar-refractivity contribution >= 4 is 46.5 Å². The number of anilines is 2. The average Bonchev–Trinajstić information content (AvgIpc) is 3.17. The third-order valence-corrected chi connectivity index (χ3v) is 4.86. The second-order valence-electron chi connectivity index (χ2n) is 6.10. The number of benzene rings is 2. The largest absolute Gasteiger partial charge is 0.325 e. The molecule has 0 saturated carbocycles. The summed E-state index contributed by atoms with van der Waals surface area (Å²) in [6.45, 7) is 0. The van der Waals surface area contributed by atoms with E-state index in [4.69, 9.17) is 23.2 Å². The minimum Gasteiger partial charge on any atom is -0.325 e. The predicted octanol–water partition coefficient (Wildman–Crippen LogP) is 4.38. The molecule has 0 saturated heterocycles. The zero-order chi connectivity index (χ0) is 19.0. The van der Waals surface area contributed by atoms with Crippen LogP contribution in [0.5, 0.6) is 0 Å². The summed E-state index contributed by atoms with van der Waals surface area (Å²) in [7, 11) is 0. The highest BCUT2D eigenvalue weighted by molar-refractivity contribution is 6.33. The number of carbonyl (C=O) groups is 2. The zero-order valence-electron chi connectivity index (χ0n) is 13.9. The van der Waals surface area contributed by atoms with Crippen molar-refractivity contribution in [2.75, 3.05) is 10.6 Å². The fraction of sp³-hybridized carbons (Fsp3) is 0.105. The molecule has 3 aromatic rings. The molecule has 1 aliphatic rings. The van der Waals surface area contributed by atoms with Crippen LogP contribution in [0.15, 0.2) is 54.7 Å². The molecule has 0 radical (unpaired) electrons. The van der Waals surface area contributed by atoms with Gasteiger partial charge in [-0.15, -0.1) is 0 Å². The highest BCUT2D eigenvalue weighted by Gasteiger charge is 2.35. The van der Waals surface area contributed by atoms with Crippen LogP contribution in [-0.2, 0) is 9.59 Å². The van der Waals surface area contributed by atoms with Gasteiger partial charge in [-0.05, 0) is 29.8 Å². The fourth-order valence-corrected chi connectivity index (χ4v) is 3.39. The van der Waals surface area contributed by atoms with Crippen molar-refractivity contribution in [3.63, 3.8) is 0 Å². The highest BCUT2D eigenvalue weighted by atomic mass is 35.5. The third-order valence-electron chi connectivity index (χ3n) is 4.30. The number of rotatable bonds is 4. The monoisotopic (exact) mass is 400 g/mol. The van der Waals surface area contributed by atoms with Gasteiger partial charge in [0.15, 0.2) is 0 Å². The smallest absolute Gasteiger partial charge is 0.251 e. The SMILES string of the molecule is O=C(CC1C(=O)Nc2c(-c3cccc(Cl)c3)cnn21)Nc1ccccc1Cl. The highest BCUT2D eigenvalue weighted by Crippen LogP contribution is 2.36. The van der Waals surface area contributed by atoms with Crippen LogP contribution >= 0.6 is 23.2 Å². The van der Waals surface area contributed by atoms with E-state index in [-0.39, 0.29) is 18.2 Å². The Labute approximate surface area is 165 Å². The predicted molar refractivity (Wildman–Crippen MR) is 105 cm³/mol. The summed E-state index contributed by atoms with van der Waals surface area (Å²) in [6, 6.07) is 13.5. The lowest BCUT2D eigenvalue weighted by molar-refractivity contribution is -0.123. The Balaban J connectivity index is 1.56. The van der Waals surface area contributed by atoms with Crippen LogP contribution in [0, 0.1) is 0 Å². The first-order chi connectivity index (χ1) is 13.0. The van der Waals surface area contributed by atoms with Crippen molar-refractivity contribution < 1.29 is 9.59 Å². The van der Waals surface area contributed by atoms with Crippen LogP contribution < -0.4 is 10.6 Å². The average molecular weight is 401 g/mol. The van der Waals surface area contributed by atoms with Crippen LogP contribution in [-0.4, -0.2) is 21.6 Å². The van der Waals surface area contributed by atoms with Crippen LogP contribution in [0.25, 0.3) is 11.1 Å². The second kappa shape index (κ2) is 7.06. The van der Waals surface area contributed by atoms with Crippen molar-refractivity contribution in [1.29, 1.82) is 0 Å². The van der Waals surface area contributed by atoms with Crippen molar-refractivity contribution in [2.24, 2.45) is 0 Å². The van der Waals surface area contributed by atoms with Crippen molar-refractivity contribution in [1.82, 2.24) is 9.78 Å². The van der Waals surface area contributed by atoms with Crippen molar-refractivity contribution in [3.05, 3.63) is 64.8 Å². The lowest BCUT2D eigenvalue weighted by atomic mass is 10.1. The summed E-state index contributed by atoms with van der Waals surface area (Å²) in [5.41, 5.74) is 2.09. The summed E-state index contributed by atoms with van der Waals surface area (Å²) < 4.78 is 1.53. The molecule has 6 nitrogen and oxygen atoms in total. The van der Waals surface area contributed by atoms with Gasteiger partial charge in [0.1, 0.15) is 11.9 Å². The molecule has 27 heavy (non-hydrogen) atoms. The maximum atomic E-state index is 12.4. The van der Waals surface area contributed by atoms with Crippen LogP contribution in [0.4, 0.5) is 11.5 Å². The number of nitrogens with one attached hydrogen (secondary N) is 2. The van der Waals surface area contributed by atoms with Gasteiger partial charge in [-0.1, -0.05) is 47.5 Å². The van der Waals surface area contributed by atoms with Crippen LogP contribution in [0.2, 0.25) is 10.0 Å². The van der Waals surface area contributed by atoms with Gasteiger partial charge in [-0.25, -0.2) is 4.68 Å². The maximum absolute atomic E-state index is 12.4. The van der Waals surface area contributed by atoms with Gasteiger partial charge in [0.2, 0.25) is 5.91 Å². The lowest BCUT2D eigenvalue weighted by Crippen LogP contribution is -2.23. The van der Waals surface area contributed by atoms with E-state index in [2.05, 4.69) is 15.7 Å². The fourth-order valence-electron chi connectivity index (χ4n) is 3.02. The van der Waals surface area contributed by atoms with Gasteiger partial charge >= 0.3 is 0 Å². The number of para-hydroxylation sites is 1. The third kappa shape index (κ3) is 3.41. The first-order valence-electron chi connectivity index (χ1n) is 8.21. The van der Waals surface area contributed by atoms with Gasteiger partial charge in [0.05, 0.1) is 23.3 Å². The van der Waals surface area contributed by atoms with E-state index in [1.165, 1.54) is 4.68 Å². The minimum absolute atomic E-state index is 0.0548. The van der Waals surface area contributed by atoms with E-state index >= 15 is 0 Å². The molecule has 2 aromatic carbocycles. The Kier molecular flexibility index (Phi) is 4.59.